The van der Waals surface area contributed by atoms with Gasteiger partial charge in [-0.1, -0.05) is 32.9 Å². The molecule has 0 atom stereocenters. The van der Waals surface area contributed by atoms with E-state index in [1.54, 1.807) is 0 Å². The van der Waals surface area contributed by atoms with Crippen molar-refractivity contribution in [2.24, 2.45) is 0 Å². The van der Waals surface area contributed by atoms with E-state index in [2.05, 4.69) is 65.0 Å². The van der Waals surface area contributed by atoms with E-state index in [-0.39, 0.29) is 5.41 Å². The quantitative estimate of drug-likeness (QED) is 0.515. The first-order chi connectivity index (χ1) is 8.86. The molecule has 1 heterocycles. The van der Waals surface area contributed by atoms with Crippen LogP contribution in [0.3, 0.4) is 0 Å². The van der Waals surface area contributed by atoms with E-state index in [1.807, 2.05) is 0 Å². The molecule has 3 aromatic rings. The first kappa shape index (κ1) is 12.3. The number of aryl methyl sites for hydroxylation is 2. The maximum absolute atomic E-state index is 6.02. The molecule has 98 valence electrons. The van der Waals surface area contributed by atoms with Crippen molar-refractivity contribution in [2.45, 2.75) is 40.0 Å². The first-order valence-electron chi connectivity index (χ1n) is 6.80. The van der Waals surface area contributed by atoms with Crippen LogP contribution < -0.4 is 0 Å². The zero-order chi connectivity index (χ0) is 13.8. The normalized spacial score (nSPS) is 12.5. The van der Waals surface area contributed by atoms with Crippen molar-refractivity contribution in [1.29, 1.82) is 0 Å². The lowest BCUT2D eigenvalue weighted by Crippen LogP contribution is -2.10. The third-order valence-electron chi connectivity index (χ3n) is 3.95. The fraction of sp³-hybridized carbons (Fsp3) is 0.333. The van der Waals surface area contributed by atoms with Crippen molar-refractivity contribution in [3.8, 4) is 0 Å². The minimum absolute atomic E-state index is 0.152. The van der Waals surface area contributed by atoms with E-state index in [1.165, 1.54) is 27.5 Å². The second kappa shape index (κ2) is 3.86. The monoisotopic (exact) mass is 252 g/mol. The van der Waals surface area contributed by atoms with Gasteiger partial charge in [0.2, 0.25) is 0 Å². The summed E-state index contributed by atoms with van der Waals surface area (Å²) in [4.78, 5) is 0. The van der Waals surface area contributed by atoms with E-state index >= 15 is 0 Å². The lowest BCUT2D eigenvalue weighted by molar-refractivity contribution is 0.587. The maximum atomic E-state index is 6.02. The second-order valence-electron chi connectivity index (χ2n) is 6.50. The molecule has 2 aromatic carbocycles. The van der Waals surface area contributed by atoms with Crippen LogP contribution >= 0.6 is 0 Å². The van der Waals surface area contributed by atoms with Crippen LogP contribution in [-0.2, 0) is 5.41 Å². The lowest BCUT2D eigenvalue weighted by atomic mass is 9.86. The van der Waals surface area contributed by atoms with Crippen LogP contribution in [-0.4, -0.2) is 0 Å². The van der Waals surface area contributed by atoms with Crippen LogP contribution in [0.25, 0.3) is 21.9 Å². The summed E-state index contributed by atoms with van der Waals surface area (Å²) in [7, 11) is 0. The second-order valence-corrected chi connectivity index (χ2v) is 6.50. The largest absolute Gasteiger partial charge is 0.456 e. The highest BCUT2D eigenvalue weighted by atomic mass is 16.3. The summed E-state index contributed by atoms with van der Waals surface area (Å²) >= 11 is 0. The summed E-state index contributed by atoms with van der Waals surface area (Å²) in [5, 5.41) is 2.43. The summed E-state index contributed by atoms with van der Waals surface area (Å²) in [5.74, 6) is 0. The van der Waals surface area contributed by atoms with Gasteiger partial charge >= 0.3 is 0 Å². The van der Waals surface area contributed by atoms with Crippen molar-refractivity contribution in [1.82, 2.24) is 0 Å². The first-order valence-corrected chi connectivity index (χ1v) is 6.80. The Balaban J connectivity index is 2.34. The summed E-state index contributed by atoms with van der Waals surface area (Å²) in [5.41, 5.74) is 6.04. The lowest BCUT2D eigenvalue weighted by Gasteiger charge is -2.18. The molecule has 0 fully saturated rings. The Kier molecular flexibility index (Phi) is 2.50. The van der Waals surface area contributed by atoms with Gasteiger partial charge in [0.15, 0.2) is 0 Å². The van der Waals surface area contributed by atoms with Crippen LogP contribution in [0.1, 0.15) is 37.5 Å². The molecule has 0 bridgehead atoms. The highest BCUT2D eigenvalue weighted by Crippen LogP contribution is 2.33. The van der Waals surface area contributed by atoms with Gasteiger partial charge in [0.25, 0.3) is 0 Å². The molecule has 0 amide bonds. The fourth-order valence-electron chi connectivity index (χ4n) is 2.50. The summed E-state index contributed by atoms with van der Waals surface area (Å²) < 4.78 is 6.02. The smallest absolute Gasteiger partial charge is 0.135 e. The number of furan rings is 1. The third-order valence-corrected chi connectivity index (χ3v) is 3.95. The molecular weight excluding hydrogens is 232 g/mol. The van der Waals surface area contributed by atoms with E-state index in [0.29, 0.717) is 0 Å². The van der Waals surface area contributed by atoms with Gasteiger partial charge in [0.1, 0.15) is 11.2 Å². The fourth-order valence-corrected chi connectivity index (χ4v) is 2.50. The summed E-state index contributed by atoms with van der Waals surface area (Å²) in [6, 6.07) is 11.0. The van der Waals surface area contributed by atoms with Gasteiger partial charge in [-0.15, -0.1) is 0 Å². The average molecular weight is 252 g/mol. The van der Waals surface area contributed by atoms with Crippen LogP contribution in [0.15, 0.2) is 34.7 Å². The molecule has 0 spiro atoms. The molecule has 0 radical (unpaired) electrons. The molecule has 3 rings (SSSR count). The van der Waals surface area contributed by atoms with E-state index in [0.717, 1.165) is 11.2 Å². The molecule has 1 nitrogen and oxygen atoms in total. The van der Waals surface area contributed by atoms with Crippen molar-refractivity contribution >= 4 is 21.9 Å². The van der Waals surface area contributed by atoms with Crippen molar-refractivity contribution < 1.29 is 4.42 Å². The number of benzene rings is 2. The molecule has 0 saturated heterocycles. The zero-order valence-electron chi connectivity index (χ0n) is 12.3. The Morgan fingerprint density at radius 1 is 0.789 bits per heavy atom. The van der Waals surface area contributed by atoms with Crippen molar-refractivity contribution in [2.75, 3.05) is 0 Å². The predicted octanol–water partition coefficient (Wildman–Crippen LogP) is 5.50. The van der Waals surface area contributed by atoms with Gasteiger partial charge in [0.05, 0.1) is 0 Å². The molecule has 0 aliphatic heterocycles. The standard InChI is InChI=1S/C18H20O/c1-11-8-15-14-7-6-13(18(3,4)5)10-17(14)19-16(15)9-12(11)2/h6-10H,1-5H3. The topological polar surface area (TPSA) is 13.1 Å². The molecule has 0 N–H and O–H groups in total. The van der Waals surface area contributed by atoms with Crippen molar-refractivity contribution in [3.05, 3.63) is 47.0 Å². The van der Waals surface area contributed by atoms with Gasteiger partial charge in [-0.25, -0.2) is 0 Å². The SMILES string of the molecule is Cc1cc2oc3cc(C(C)(C)C)ccc3c2cc1C. The Morgan fingerprint density at radius 3 is 2.11 bits per heavy atom. The predicted molar refractivity (Wildman–Crippen MR) is 81.9 cm³/mol. The number of fused-ring (bicyclic) bond motifs is 3. The van der Waals surface area contributed by atoms with Gasteiger partial charge in [0, 0.05) is 10.8 Å². The van der Waals surface area contributed by atoms with Crippen LogP contribution in [0.5, 0.6) is 0 Å². The molecule has 0 aliphatic rings. The maximum Gasteiger partial charge on any atom is 0.135 e. The van der Waals surface area contributed by atoms with Gasteiger partial charge < -0.3 is 4.42 Å². The number of rotatable bonds is 0. The molecule has 1 heteroatoms. The van der Waals surface area contributed by atoms with E-state index in [9.17, 15) is 0 Å². The van der Waals surface area contributed by atoms with Crippen LogP contribution in [0, 0.1) is 13.8 Å². The highest BCUT2D eigenvalue weighted by molar-refractivity contribution is 6.05. The highest BCUT2D eigenvalue weighted by Gasteiger charge is 2.16. The average Bonchev–Trinajstić information content (AvgIpc) is 2.65. The minimum Gasteiger partial charge on any atom is -0.456 e. The molecular formula is C18H20O. The van der Waals surface area contributed by atoms with Gasteiger partial charge in [-0.3, -0.25) is 0 Å². The zero-order valence-corrected chi connectivity index (χ0v) is 12.3. The number of hydrogen-bond acceptors (Lipinski definition) is 1. The van der Waals surface area contributed by atoms with Crippen LogP contribution in [0.2, 0.25) is 0 Å². The minimum atomic E-state index is 0.152. The Hall–Kier alpha value is -1.76. The molecule has 0 aliphatic carbocycles. The molecule has 1 aromatic heterocycles. The molecule has 0 unspecified atom stereocenters. The third kappa shape index (κ3) is 1.94. The van der Waals surface area contributed by atoms with Crippen LogP contribution in [0.4, 0.5) is 0 Å². The Morgan fingerprint density at radius 2 is 1.42 bits per heavy atom. The van der Waals surface area contributed by atoms with Gasteiger partial charge in [-0.2, -0.15) is 0 Å². The Labute approximate surface area is 114 Å². The van der Waals surface area contributed by atoms with E-state index < -0.39 is 0 Å². The summed E-state index contributed by atoms with van der Waals surface area (Å²) in [6.45, 7) is 11.0. The molecule has 19 heavy (non-hydrogen) atoms. The molecule has 0 saturated carbocycles. The Bertz CT molecular complexity index is 770. The van der Waals surface area contributed by atoms with E-state index in [4.69, 9.17) is 4.42 Å². The number of hydrogen-bond donors (Lipinski definition) is 0. The van der Waals surface area contributed by atoms with Gasteiger partial charge in [-0.05, 0) is 54.2 Å². The van der Waals surface area contributed by atoms with Crippen molar-refractivity contribution in [3.63, 3.8) is 0 Å². The summed E-state index contributed by atoms with van der Waals surface area (Å²) in [6.07, 6.45) is 0.